The minimum Gasteiger partial charge on any atom is -0.489 e. The van der Waals surface area contributed by atoms with Crippen molar-refractivity contribution in [2.45, 2.75) is 52.7 Å². The summed E-state index contributed by atoms with van der Waals surface area (Å²) in [4.78, 5) is 2.34. The molecule has 0 saturated carbocycles. The molecule has 1 N–H and O–H groups in total. The molecule has 1 unspecified atom stereocenters. The van der Waals surface area contributed by atoms with Crippen LogP contribution in [0.5, 0.6) is 5.75 Å². The third-order valence-corrected chi connectivity index (χ3v) is 3.82. The maximum Gasteiger partial charge on any atom is 0.165 e. The first-order valence-electron chi connectivity index (χ1n) is 7.72. The predicted molar refractivity (Wildman–Crippen MR) is 86.3 cm³/mol. The van der Waals surface area contributed by atoms with E-state index in [1.807, 2.05) is 20.0 Å². The summed E-state index contributed by atoms with van der Waals surface area (Å²) in [5, 5.41) is 3.13. The van der Waals surface area contributed by atoms with E-state index in [2.05, 4.69) is 37.9 Å². The second-order valence-electron chi connectivity index (χ2n) is 5.94. The van der Waals surface area contributed by atoms with E-state index in [-0.39, 0.29) is 11.9 Å². The fourth-order valence-corrected chi connectivity index (χ4v) is 2.54. The van der Waals surface area contributed by atoms with E-state index in [1.165, 1.54) is 6.07 Å². The van der Waals surface area contributed by atoms with E-state index in [9.17, 15) is 4.39 Å². The van der Waals surface area contributed by atoms with Gasteiger partial charge in [0, 0.05) is 30.2 Å². The minimum atomic E-state index is -0.296. The third kappa shape index (κ3) is 4.97. The molecule has 1 aromatic rings. The normalized spacial score (nSPS) is 13.2. The lowest BCUT2D eigenvalue weighted by Gasteiger charge is -2.30. The average molecular weight is 296 g/mol. The Bertz CT molecular complexity index is 427. The zero-order chi connectivity index (χ0) is 16.0. The van der Waals surface area contributed by atoms with Gasteiger partial charge in [-0.3, -0.25) is 4.90 Å². The number of halogens is 1. The van der Waals surface area contributed by atoms with Crippen molar-refractivity contribution in [1.29, 1.82) is 0 Å². The highest BCUT2D eigenvalue weighted by Gasteiger charge is 2.16. The van der Waals surface area contributed by atoms with Crippen LogP contribution in [0.4, 0.5) is 4.39 Å². The smallest absolute Gasteiger partial charge is 0.165 e. The second kappa shape index (κ2) is 8.35. The zero-order valence-corrected chi connectivity index (χ0v) is 14.1. The van der Waals surface area contributed by atoms with Crippen molar-refractivity contribution < 1.29 is 9.13 Å². The average Bonchev–Trinajstić information content (AvgIpc) is 2.43. The largest absolute Gasteiger partial charge is 0.489 e. The van der Waals surface area contributed by atoms with Crippen molar-refractivity contribution in [2.75, 3.05) is 20.2 Å². The molecule has 1 rings (SSSR count). The standard InChI is InChI=1S/C17H29FN2O/c1-12(2)20(13(3)4)10-11-21-17-15(14(5)19-6)8-7-9-16(17)18/h7-9,12-14,19H,10-11H2,1-6H3. The van der Waals surface area contributed by atoms with Gasteiger partial charge in [-0.1, -0.05) is 12.1 Å². The number of nitrogens with zero attached hydrogens (tertiary/aromatic N) is 1. The molecule has 3 nitrogen and oxygen atoms in total. The van der Waals surface area contributed by atoms with Gasteiger partial charge in [0.2, 0.25) is 0 Å². The van der Waals surface area contributed by atoms with Gasteiger partial charge in [-0.2, -0.15) is 0 Å². The summed E-state index contributed by atoms with van der Waals surface area (Å²) < 4.78 is 19.8. The van der Waals surface area contributed by atoms with E-state index in [1.54, 1.807) is 6.07 Å². The van der Waals surface area contributed by atoms with Gasteiger partial charge in [-0.25, -0.2) is 4.39 Å². The third-order valence-electron chi connectivity index (χ3n) is 3.82. The Morgan fingerprint density at radius 3 is 2.29 bits per heavy atom. The van der Waals surface area contributed by atoms with E-state index in [4.69, 9.17) is 4.74 Å². The Kier molecular flexibility index (Phi) is 7.12. The van der Waals surface area contributed by atoms with Crippen LogP contribution in [0.2, 0.25) is 0 Å². The number of hydrogen-bond acceptors (Lipinski definition) is 3. The number of benzene rings is 1. The summed E-state index contributed by atoms with van der Waals surface area (Å²) in [5.74, 6) is 0.0713. The Labute approximate surface area is 128 Å². The van der Waals surface area contributed by atoms with E-state index in [0.29, 0.717) is 24.4 Å². The summed E-state index contributed by atoms with van der Waals surface area (Å²) in [5.41, 5.74) is 0.859. The molecule has 0 heterocycles. The number of ether oxygens (including phenoxy) is 1. The van der Waals surface area contributed by atoms with Crippen LogP contribution in [0.25, 0.3) is 0 Å². The van der Waals surface area contributed by atoms with Crippen LogP contribution in [0.15, 0.2) is 18.2 Å². The van der Waals surface area contributed by atoms with E-state index < -0.39 is 0 Å². The van der Waals surface area contributed by atoms with Crippen LogP contribution < -0.4 is 10.1 Å². The molecule has 0 spiro atoms. The van der Waals surface area contributed by atoms with E-state index in [0.717, 1.165) is 12.1 Å². The predicted octanol–water partition coefficient (Wildman–Crippen LogP) is 3.60. The molecule has 120 valence electrons. The maximum atomic E-state index is 14.0. The van der Waals surface area contributed by atoms with Crippen molar-refractivity contribution in [3.05, 3.63) is 29.6 Å². The molecule has 0 aliphatic heterocycles. The first kappa shape index (κ1) is 17.9. The summed E-state index contributed by atoms with van der Waals surface area (Å²) in [7, 11) is 1.86. The molecule has 0 bridgehead atoms. The lowest BCUT2D eigenvalue weighted by Crippen LogP contribution is -2.39. The Morgan fingerprint density at radius 2 is 1.76 bits per heavy atom. The maximum absolute atomic E-state index is 14.0. The zero-order valence-electron chi connectivity index (χ0n) is 14.1. The quantitative estimate of drug-likeness (QED) is 0.793. The molecule has 0 aliphatic rings. The van der Waals surface area contributed by atoms with Crippen LogP contribution in [-0.4, -0.2) is 37.2 Å². The Balaban J connectivity index is 2.75. The molecular formula is C17H29FN2O. The fraction of sp³-hybridized carbons (Fsp3) is 0.647. The molecule has 0 fully saturated rings. The fourth-order valence-electron chi connectivity index (χ4n) is 2.54. The number of para-hydroxylation sites is 1. The van der Waals surface area contributed by atoms with Gasteiger partial charge in [-0.15, -0.1) is 0 Å². The first-order chi connectivity index (χ1) is 9.88. The molecule has 0 aliphatic carbocycles. The molecule has 4 heteroatoms. The number of nitrogens with one attached hydrogen (secondary N) is 1. The summed E-state index contributed by atoms with van der Waals surface area (Å²) in [6, 6.07) is 6.03. The molecule has 21 heavy (non-hydrogen) atoms. The lowest BCUT2D eigenvalue weighted by atomic mass is 10.1. The molecule has 0 aromatic heterocycles. The number of hydrogen-bond donors (Lipinski definition) is 1. The van der Waals surface area contributed by atoms with Crippen molar-refractivity contribution in [2.24, 2.45) is 0 Å². The highest BCUT2D eigenvalue weighted by Crippen LogP contribution is 2.28. The Hall–Kier alpha value is -1.13. The van der Waals surface area contributed by atoms with Gasteiger partial charge < -0.3 is 10.1 Å². The van der Waals surface area contributed by atoms with Crippen molar-refractivity contribution in [3.63, 3.8) is 0 Å². The Morgan fingerprint density at radius 1 is 1.14 bits per heavy atom. The van der Waals surface area contributed by atoms with Crippen molar-refractivity contribution >= 4 is 0 Å². The molecular weight excluding hydrogens is 267 g/mol. The lowest BCUT2D eigenvalue weighted by molar-refractivity contribution is 0.139. The van der Waals surface area contributed by atoms with Gasteiger partial charge in [0.25, 0.3) is 0 Å². The highest BCUT2D eigenvalue weighted by molar-refractivity contribution is 5.37. The monoisotopic (exact) mass is 296 g/mol. The van der Waals surface area contributed by atoms with Gasteiger partial charge in [0.15, 0.2) is 11.6 Å². The molecule has 0 amide bonds. The van der Waals surface area contributed by atoms with Gasteiger partial charge >= 0.3 is 0 Å². The first-order valence-corrected chi connectivity index (χ1v) is 7.72. The van der Waals surface area contributed by atoms with Gasteiger partial charge in [-0.05, 0) is 47.7 Å². The highest BCUT2D eigenvalue weighted by atomic mass is 19.1. The van der Waals surface area contributed by atoms with Crippen LogP contribution in [0, 0.1) is 5.82 Å². The van der Waals surface area contributed by atoms with Crippen LogP contribution in [0.1, 0.15) is 46.2 Å². The van der Waals surface area contributed by atoms with Crippen LogP contribution in [0.3, 0.4) is 0 Å². The van der Waals surface area contributed by atoms with Crippen molar-refractivity contribution in [3.8, 4) is 5.75 Å². The van der Waals surface area contributed by atoms with Gasteiger partial charge in [0.1, 0.15) is 6.61 Å². The van der Waals surface area contributed by atoms with Crippen LogP contribution in [-0.2, 0) is 0 Å². The second-order valence-corrected chi connectivity index (χ2v) is 5.94. The minimum absolute atomic E-state index is 0.0574. The van der Waals surface area contributed by atoms with Gasteiger partial charge in [0.05, 0.1) is 0 Å². The molecule has 1 atom stereocenters. The SMILES string of the molecule is CNC(C)c1cccc(F)c1OCCN(C(C)C)C(C)C. The summed E-state index contributed by atoms with van der Waals surface area (Å²) in [6.45, 7) is 11.9. The number of rotatable bonds is 8. The van der Waals surface area contributed by atoms with Crippen LogP contribution >= 0.6 is 0 Å². The van der Waals surface area contributed by atoms with Crippen molar-refractivity contribution in [1.82, 2.24) is 10.2 Å². The summed E-state index contributed by atoms with van der Waals surface area (Å²) in [6.07, 6.45) is 0. The molecule has 0 radical (unpaired) electrons. The topological polar surface area (TPSA) is 24.5 Å². The summed E-state index contributed by atoms with van der Waals surface area (Å²) >= 11 is 0. The molecule has 1 aromatic carbocycles. The van der Waals surface area contributed by atoms with E-state index >= 15 is 0 Å². The molecule has 0 saturated heterocycles.